The number of carbonyl (C=O) groups excluding carboxylic acids is 1. The Morgan fingerprint density at radius 2 is 2.00 bits per heavy atom. The zero-order valence-corrected chi connectivity index (χ0v) is 13.1. The van der Waals surface area contributed by atoms with Crippen molar-refractivity contribution in [2.75, 3.05) is 7.11 Å². The van der Waals surface area contributed by atoms with Gasteiger partial charge >= 0.3 is 0 Å². The summed E-state index contributed by atoms with van der Waals surface area (Å²) in [6, 6.07) is 4.12. The SMILES string of the molecule is COc1ccc(S(=O)(=O)NC2(C(N)=O)CCCC2)cc1Cl. The summed E-state index contributed by atoms with van der Waals surface area (Å²) in [7, 11) is -2.45. The van der Waals surface area contributed by atoms with Crippen LogP contribution >= 0.6 is 11.6 Å². The van der Waals surface area contributed by atoms with Crippen LogP contribution in [0.15, 0.2) is 23.1 Å². The first-order valence-electron chi connectivity index (χ1n) is 6.48. The molecule has 0 unspecified atom stereocenters. The van der Waals surface area contributed by atoms with E-state index in [1.54, 1.807) is 0 Å². The number of halogens is 1. The van der Waals surface area contributed by atoms with Crippen LogP contribution in [0.3, 0.4) is 0 Å². The first-order chi connectivity index (χ1) is 9.81. The monoisotopic (exact) mass is 332 g/mol. The van der Waals surface area contributed by atoms with Crippen molar-refractivity contribution in [2.24, 2.45) is 5.73 Å². The molecule has 1 amide bonds. The van der Waals surface area contributed by atoms with Gasteiger partial charge in [0.25, 0.3) is 0 Å². The molecule has 1 saturated carbocycles. The standard InChI is InChI=1S/C13H17ClN2O4S/c1-20-11-5-4-9(8-10(11)14)21(18,19)16-13(12(15)17)6-2-3-7-13/h4-5,8,16H,2-3,6-7H2,1H3,(H2,15,17). The Bertz CT molecular complexity index is 654. The molecule has 0 spiro atoms. The summed E-state index contributed by atoms with van der Waals surface area (Å²) in [4.78, 5) is 11.6. The van der Waals surface area contributed by atoms with Crippen LogP contribution in [0.1, 0.15) is 25.7 Å². The molecule has 1 fully saturated rings. The maximum Gasteiger partial charge on any atom is 0.241 e. The fourth-order valence-corrected chi connectivity index (χ4v) is 4.29. The van der Waals surface area contributed by atoms with Gasteiger partial charge in [0, 0.05) is 0 Å². The Morgan fingerprint density at radius 3 is 2.48 bits per heavy atom. The lowest BCUT2D eigenvalue weighted by Gasteiger charge is -2.26. The molecule has 116 valence electrons. The second-order valence-electron chi connectivity index (χ2n) is 5.06. The number of hydrogen-bond acceptors (Lipinski definition) is 4. The van der Waals surface area contributed by atoms with Crippen LogP contribution in [0.4, 0.5) is 0 Å². The number of benzene rings is 1. The van der Waals surface area contributed by atoms with Gasteiger partial charge in [-0.25, -0.2) is 8.42 Å². The Balaban J connectivity index is 2.34. The summed E-state index contributed by atoms with van der Waals surface area (Å²) < 4.78 is 32.3. The lowest BCUT2D eigenvalue weighted by Crippen LogP contribution is -2.55. The number of methoxy groups -OCH3 is 1. The smallest absolute Gasteiger partial charge is 0.241 e. The molecule has 6 nitrogen and oxygen atoms in total. The van der Waals surface area contributed by atoms with E-state index in [9.17, 15) is 13.2 Å². The van der Waals surface area contributed by atoms with E-state index < -0.39 is 21.5 Å². The average molecular weight is 333 g/mol. The zero-order chi connectivity index (χ0) is 15.7. The molecule has 8 heteroatoms. The van der Waals surface area contributed by atoms with Crippen LogP contribution in [0, 0.1) is 0 Å². The van der Waals surface area contributed by atoms with E-state index in [0.29, 0.717) is 18.6 Å². The minimum atomic E-state index is -3.89. The van der Waals surface area contributed by atoms with Crippen molar-refractivity contribution in [3.05, 3.63) is 23.2 Å². The van der Waals surface area contributed by atoms with Crippen LogP contribution < -0.4 is 15.2 Å². The largest absolute Gasteiger partial charge is 0.495 e. The number of ether oxygens (including phenoxy) is 1. The van der Waals surface area contributed by atoms with Crippen molar-refractivity contribution in [3.63, 3.8) is 0 Å². The summed E-state index contributed by atoms with van der Waals surface area (Å²) >= 11 is 5.94. The van der Waals surface area contributed by atoms with Gasteiger partial charge in [-0.2, -0.15) is 4.72 Å². The maximum absolute atomic E-state index is 12.4. The maximum atomic E-state index is 12.4. The molecule has 0 bridgehead atoms. The van der Waals surface area contributed by atoms with Gasteiger partial charge < -0.3 is 10.5 Å². The molecular formula is C13H17ClN2O4S. The van der Waals surface area contributed by atoms with Crippen LogP contribution in [-0.2, 0) is 14.8 Å². The second-order valence-corrected chi connectivity index (χ2v) is 7.14. The second kappa shape index (κ2) is 5.82. The highest BCUT2D eigenvalue weighted by Crippen LogP contribution is 2.32. The zero-order valence-electron chi connectivity index (χ0n) is 11.6. The van der Waals surface area contributed by atoms with Crippen molar-refractivity contribution in [1.29, 1.82) is 0 Å². The van der Waals surface area contributed by atoms with Crippen molar-refractivity contribution < 1.29 is 17.9 Å². The van der Waals surface area contributed by atoms with Gasteiger partial charge in [-0.1, -0.05) is 24.4 Å². The predicted molar refractivity (Wildman–Crippen MR) is 78.7 cm³/mol. The molecule has 1 aromatic rings. The minimum absolute atomic E-state index is 0.0270. The molecule has 3 N–H and O–H groups in total. The van der Waals surface area contributed by atoms with Gasteiger partial charge in [-0.15, -0.1) is 0 Å². The molecule has 0 aliphatic heterocycles. The van der Waals surface area contributed by atoms with Gasteiger partial charge in [0.15, 0.2) is 0 Å². The summed E-state index contributed by atoms with van der Waals surface area (Å²) in [5.74, 6) is -0.274. The van der Waals surface area contributed by atoms with Crippen molar-refractivity contribution in [2.45, 2.75) is 36.1 Å². The molecule has 0 radical (unpaired) electrons. The molecule has 0 atom stereocenters. The highest BCUT2D eigenvalue weighted by molar-refractivity contribution is 7.89. The number of nitrogens with one attached hydrogen (secondary N) is 1. The van der Waals surface area contributed by atoms with E-state index in [0.717, 1.165) is 12.8 Å². The number of amides is 1. The number of hydrogen-bond donors (Lipinski definition) is 2. The van der Waals surface area contributed by atoms with Crippen molar-refractivity contribution in [1.82, 2.24) is 4.72 Å². The van der Waals surface area contributed by atoms with Gasteiger partial charge in [0.05, 0.1) is 17.0 Å². The summed E-state index contributed by atoms with van der Waals surface area (Å²) in [6.07, 6.45) is 2.33. The van der Waals surface area contributed by atoms with Crippen molar-refractivity contribution in [3.8, 4) is 5.75 Å². The molecule has 21 heavy (non-hydrogen) atoms. The molecular weight excluding hydrogens is 316 g/mol. The summed E-state index contributed by atoms with van der Waals surface area (Å²) in [5, 5.41) is 0.180. The Morgan fingerprint density at radius 1 is 1.38 bits per heavy atom. The third-order valence-corrected chi connectivity index (χ3v) is 5.52. The quantitative estimate of drug-likeness (QED) is 0.852. The molecule has 0 heterocycles. The highest BCUT2D eigenvalue weighted by Gasteiger charge is 2.43. The van der Waals surface area contributed by atoms with Gasteiger partial charge in [-0.3, -0.25) is 4.79 Å². The van der Waals surface area contributed by atoms with E-state index in [2.05, 4.69) is 4.72 Å². The highest BCUT2D eigenvalue weighted by atomic mass is 35.5. The van der Waals surface area contributed by atoms with Crippen LogP contribution in [-0.4, -0.2) is 27.0 Å². The molecule has 1 aromatic carbocycles. The molecule has 1 aliphatic carbocycles. The Kier molecular flexibility index (Phi) is 4.46. The predicted octanol–water partition coefficient (Wildman–Crippen LogP) is 1.42. The van der Waals surface area contributed by atoms with E-state index in [-0.39, 0.29) is 9.92 Å². The summed E-state index contributed by atoms with van der Waals surface area (Å²) in [5.41, 5.74) is 4.18. The normalized spacial score (nSPS) is 17.6. The third kappa shape index (κ3) is 3.14. The van der Waals surface area contributed by atoms with E-state index >= 15 is 0 Å². The third-order valence-electron chi connectivity index (χ3n) is 3.69. The Labute approximate surface area is 128 Å². The van der Waals surface area contributed by atoms with E-state index in [1.807, 2.05) is 0 Å². The van der Waals surface area contributed by atoms with Crippen LogP contribution in [0.2, 0.25) is 5.02 Å². The number of carbonyl (C=O) groups is 1. The molecule has 1 aliphatic rings. The van der Waals surface area contributed by atoms with Gasteiger partial charge in [0.1, 0.15) is 11.3 Å². The fraction of sp³-hybridized carbons (Fsp3) is 0.462. The van der Waals surface area contributed by atoms with Crippen LogP contribution in [0.5, 0.6) is 5.75 Å². The van der Waals surface area contributed by atoms with Gasteiger partial charge in [-0.05, 0) is 31.0 Å². The summed E-state index contributed by atoms with van der Waals surface area (Å²) in [6.45, 7) is 0. The number of nitrogens with two attached hydrogens (primary N) is 1. The fourth-order valence-electron chi connectivity index (χ4n) is 2.51. The van der Waals surface area contributed by atoms with Crippen LogP contribution in [0.25, 0.3) is 0 Å². The number of sulfonamides is 1. The first-order valence-corrected chi connectivity index (χ1v) is 8.34. The van der Waals surface area contributed by atoms with E-state index in [1.165, 1.54) is 25.3 Å². The molecule has 0 aromatic heterocycles. The topological polar surface area (TPSA) is 98.5 Å². The van der Waals surface area contributed by atoms with Gasteiger partial charge in [0.2, 0.25) is 15.9 Å². The first kappa shape index (κ1) is 16.1. The Hall–Kier alpha value is -1.31. The average Bonchev–Trinajstić information content (AvgIpc) is 2.87. The minimum Gasteiger partial charge on any atom is -0.495 e. The molecule has 0 saturated heterocycles. The number of rotatable bonds is 5. The lowest BCUT2D eigenvalue weighted by atomic mass is 9.99. The number of primary amides is 1. The lowest BCUT2D eigenvalue weighted by molar-refractivity contribution is -0.123. The molecule has 2 rings (SSSR count). The van der Waals surface area contributed by atoms with Crippen molar-refractivity contribution >= 4 is 27.5 Å². The van der Waals surface area contributed by atoms with E-state index in [4.69, 9.17) is 22.1 Å².